The fourth-order valence-electron chi connectivity index (χ4n) is 2.65. The van der Waals surface area contributed by atoms with Crippen LogP contribution in [-0.4, -0.2) is 28.1 Å². The smallest absolute Gasteiger partial charge is 0.251 e. The van der Waals surface area contributed by atoms with E-state index in [1.54, 1.807) is 19.2 Å². The molecule has 1 heterocycles. The third kappa shape index (κ3) is 4.01. The van der Waals surface area contributed by atoms with Gasteiger partial charge in [-0.25, -0.2) is 0 Å². The molecule has 0 saturated heterocycles. The second-order valence-electron chi connectivity index (χ2n) is 6.54. The summed E-state index contributed by atoms with van der Waals surface area (Å²) in [6.45, 7) is 7.93. The van der Waals surface area contributed by atoms with Crippen molar-refractivity contribution in [2.75, 3.05) is 6.54 Å². The Morgan fingerprint density at radius 3 is 2.67 bits per heavy atom. The number of amides is 1. The average Bonchev–Trinajstić information content (AvgIpc) is 2.60. The molecule has 4 nitrogen and oxygen atoms in total. The van der Waals surface area contributed by atoms with Crippen molar-refractivity contribution in [3.05, 3.63) is 53.7 Å². The number of hydrogen-bond donors (Lipinski definition) is 2. The zero-order valence-corrected chi connectivity index (χ0v) is 14.8. The molecule has 2 aromatic rings. The standard InChI is InChI=1S/C20H26N2O2/c1-5-14(2)20(4,24)13-22-19(23)17-10-8-9-16(15(17)3)18-11-6-7-12-21-18/h6-12,14,24H,5,13H2,1-4H3,(H,22,23). The average molecular weight is 326 g/mol. The zero-order chi connectivity index (χ0) is 17.7. The lowest BCUT2D eigenvalue weighted by Crippen LogP contribution is -2.45. The monoisotopic (exact) mass is 326 g/mol. The van der Waals surface area contributed by atoms with Crippen molar-refractivity contribution >= 4 is 5.91 Å². The molecule has 1 aromatic carbocycles. The normalized spacial score (nSPS) is 14.7. The minimum atomic E-state index is -0.920. The van der Waals surface area contributed by atoms with Gasteiger partial charge in [0.1, 0.15) is 0 Å². The number of pyridine rings is 1. The second-order valence-corrected chi connectivity index (χ2v) is 6.54. The van der Waals surface area contributed by atoms with E-state index in [0.29, 0.717) is 5.56 Å². The largest absolute Gasteiger partial charge is 0.388 e. The van der Waals surface area contributed by atoms with Crippen LogP contribution in [0.5, 0.6) is 0 Å². The van der Waals surface area contributed by atoms with Crippen LogP contribution >= 0.6 is 0 Å². The summed E-state index contributed by atoms with van der Waals surface area (Å²) in [6.07, 6.45) is 2.60. The highest BCUT2D eigenvalue weighted by atomic mass is 16.3. The van der Waals surface area contributed by atoms with Crippen molar-refractivity contribution in [2.24, 2.45) is 5.92 Å². The molecule has 0 aliphatic rings. The highest BCUT2D eigenvalue weighted by molar-refractivity contribution is 5.97. The molecule has 0 saturated carbocycles. The number of benzene rings is 1. The van der Waals surface area contributed by atoms with Crippen molar-refractivity contribution in [2.45, 2.75) is 39.7 Å². The molecule has 2 N–H and O–H groups in total. The van der Waals surface area contributed by atoms with Crippen molar-refractivity contribution in [1.82, 2.24) is 10.3 Å². The molecular weight excluding hydrogens is 300 g/mol. The van der Waals surface area contributed by atoms with E-state index in [1.165, 1.54) is 0 Å². The summed E-state index contributed by atoms with van der Waals surface area (Å²) in [6, 6.07) is 11.3. The SMILES string of the molecule is CCC(C)C(C)(O)CNC(=O)c1cccc(-c2ccccn2)c1C. The van der Waals surface area contributed by atoms with Crippen LogP contribution in [0.15, 0.2) is 42.6 Å². The van der Waals surface area contributed by atoms with Gasteiger partial charge in [0.2, 0.25) is 0 Å². The molecule has 0 fully saturated rings. The third-order valence-corrected chi connectivity index (χ3v) is 4.80. The molecule has 2 unspecified atom stereocenters. The molecule has 0 bridgehead atoms. The highest BCUT2D eigenvalue weighted by Gasteiger charge is 2.27. The Bertz CT molecular complexity index is 696. The van der Waals surface area contributed by atoms with E-state index < -0.39 is 5.60 Å². The van der Waals surface area contributed by atoms with Crippen LogP contribution < -0.4 is 5.32 Å². The zero-order valence-electron chi connectivity index (χ0n) is 14.8. The fraction of sp³-hybridized carbons (Fsp3) is 0.400. The first-order valence-corrected chi connectivity index (χ1v) is 8.38. The maximum atomic E-state index is 12.6. The highest BCUT2D eigenvalue weighted by Crippen LogP contribution is 2.24. The number of hydrogen-bond acceptors (Lipinski definition) is 3. The van der Waals surface area contributed by atoms with Crippen LogP contribution in [0.3, 0.4) is 0 Å². The Morgan fingerprint density at radius 1 is 1.29 bits per heavy atom. The predicted molar refractivity (Wildman–Crippen MR) is 96.8 cm³/mol. The van der Waals surface area contributed by atoms with Gasteiger partial charge < -0.3 is 10.4 Å². The van der Waals surface area contributed by atoms with Gasteiger partial charge in [-0.05, 0) is 43.5 Å². The van der Waals surface area contributed by atoms with Crippen molar-refractivity contribution in [1.29, 1.82) is 0 Å². The molecule has 2 atom stereocenters. The number of aromatic nitrogens is 1. The Balaban J connectivity index is 2.19. The van der Waals surface area contributed by atoms with Crippen LogP contribution in [0.2, 0.25) is 0 Å². The molecule has 128 valence electrons. The number of carbonyl (C=O) groups is 1. The van der Waals surface area contributed by atoms with Crippen LogP contribution in [0.4, 0.5) is 0 Å². The molecule has 0 aliphatic heterocycles. The summed E-state index contributed by atoms with van der Waals surface area (Å²) in [4.78, 5) is 16.9. The number of nitrogens with zero attached hydrogens (tertiary/aromatic N) is 1. The lowest BCUT2D eigenvalue weighted by atomic mass is 9.88. The first kappa shape index (κ1) is 18.1. The molecule has 0 spiro atoms. The summed E-state index contributed by atoms with van der Waals surface area (Å²) in [5.41, 5.74) is 2.36. The van der Waals surface area contributed by atoms with Gasteiger partial charge in [-0.2, -0.15) is 0 Å². The first-order valence-electron chi connectivity index (χ1n) is 8.38. The van der Waals surface area contributed by atoms with Gasteiger partial charge in [0.25, 0.3) is 5.91 Å². The van der Waals surface area contributed by atoms with Gasteiger partial charge in [-0.1, -0.05) is 38.5 Å². The van der Waals surface area contributed by atoms with Gasteiger partial charge in [-0.15, -0.1) is 0 Å². The van der Waals surface area contributed by atoms with Crippen molar-refractivity contribution in [3.63, 3.8) is 0 Å². The lowest BCUT2D eigenvalue weighted by molar-refractivity contribution is 0.00592. The summed E-state index contributed by atoms with van der Waals surface area (Å²) in [7, 11) is 0. The van der Waals surface area contributed by atoms with E-state index in [1.807, 2.05) is 51.1 Å². The molecule has 2 rings (SSSR count). The molecule has 1 aromatic heterocycles. The number of rotatable bonds is 6. The van der Waals surface area contributed by atoms with Crippen LogP contribution in [0, 0.1) is 12.8 Å². The Labute approximate surface area is 143 Å². The molecule has 0 aliphatic carbocycles. The van der Waals surface area contributed by atoms with Crippen molar-refractivity contribution < 1.29 is 9.90 Å². The number of carbonyl (C=O) groups excluding carboxylic acids is 1. The molecule has 0 radical (unpaired) electrons. The molecule has 24 heavy (non-hydrogen) atoms. The minimum Gasteiger partial charge on any atom is -0.388 e. The van der Waals surface area contributed by atoms with Gasteiger partial charge >= 0.3 is 0 Å². The number of aliphatic hydroxyl groups is 1. The van der Waals surface area contributed by atoms with Crippen LogP contribution in [0.1, 0.15) is 43.1 Å². The topological polar surface area (TPSA) is 62.2 Å². The van der Waals surface area contributed by atoms with Gasteiger partial charge in [0.15, 0.2) is 0 Å². The van der Waals surface area contributed by atoms with E-state index in [2.05, 4.69) is 10.3 Å². The van der Waals surface area contributed by atoms with E-state index in [9.17, 15) is 9.90 Å². The number of nitrogens with one attached hydrogen (secondary N) is 1. The van der Waals surface area contributed by atoms with Crippen LogP contribution in [-0.2, 0) is 0 Å². The van der Waals surface area contributed by atoms with Crippen LogP contribution in [0.25, 0.3) is 11.3 Å². The van der Waals surface area contributed by atoms with E-state index in [-0.39, 0.29) is 18.4 Å². The third-order valence-electron chi connectivity index (χ3n) is 4.80. The summed E-state index contributed by atoms with van der Waals surface area (Å²) in [5.74, 6) is -0.0624. The van der Waals surface area contributed by atoms with E-state index >= 15 is 0 Å². The van der Waals surface area contributed by atoms with Crippen molar-refractivity contribution in [3.8, 4) is 11.3 Å². The van der Waals surface area contributed by atoms with Gasteiger partial charge in [0, 0.05) is 23.9 Å². The Kier molecular flexibility index (Phi) is 5.73. The fourth-order valence-corrected chi connectivity index (χ4v) is 2.65. The van der Waals surface area contributed by atoms with E-state index in [0.717, 1.165) is 23.2 Å². The Hall–Kier alpha value is -2.20. The predicted octanol–water partition coefficient (Wildman–Crippen LogP) is 3.58. The molecule has 4 heteroatoms. The second kappa shape index (κ2) is 7.58. The van der Waals surface area contributed by atoms with Gasteiger partial charge in [-0.3, -0.25) is 9.78 Å². The molecule has 1 amide bonds. The van der Waals surface area contributed by atoms with E-state index in [4.69, 9.17) is 0 Å². The lowest BCUT2D eigenvalue weighted by Gasteiger charge is -2.29. The first-order chi connectivity index (χ1) is 11.4. The summed E-state index contributed by atoms with van der Waals surface area (Å²) < 4.78 is 0. The Morgan fingerprint density at radius 2 is 2.04 bits per heavy atom. The quantitative estimate of drug-likeness (QED) is 0.853. The minimum absolute atomic E-state index is 0.110. The maximum Gasteiger partial charge on any atom is 0.251 e. The molecular formula is C20H26N2O2. The summed E-state index contributed by atoms with van der Waals surface area (Å²) in [5, 5.41) is 13.3. The van der Waals surface area contributed by atoms with Gasteiger partial charge in [0.05, 0.1) is 11.3 Å². The maximum absolute atomic E-state index is 12.6. The summed E-state index contributed by atoms with van der Waals surface area (Å²) >= 11 is 0.